The normalized spacial score (nSPS) is 14.4. The van der Waals surface area contributed by atoms with Crippen LogP contribution >= 0.6 is 0 Å². The average molecular weight is 265 g/mol. The fraction of sp³-hybridized carbons (Fsp3) is 0.385. The number of carbonyl (C=O) groups is 2. The highest BCUT2D eigenvalue weighted by atomic mass is 16.6. The quantitative estimate of drug-likeness (QED) is 0.834. The van der Waals surface area contributed by atoms with Crippen LogP contribution in [-0.2, 0) is 4.79 Å². The molecule has 1 fully saturated rings. The molecule has 1 aliphatic heterocycles. The predicted octanol–water partition coefficient (Wildman–Crippen LogP) is 1.82. The second-order valence-electron chi connectivity index (χ2n) is 4.01. The van der Waals surface area contributed by atoms with E-state index in [9.17, 15) is 9.59 Å². The van der Waals surface area contributed by atoms with Gasteiger partial charge in [0.15, 0.2) is 11.5 Å². The number of methoxy groups -OCH3 is 2. The van der Waals surface area contributed by atoms with Gasteiger partial charge in [-0.2, -0.15) is 0 Å². The number of rotatable bonds is 3. The van der Waals surface area contributed by atoms with Crippen LogP contribution in [0.3, 0.4) is 0 Å². The Kier molecular flexibility index (Phi) is 3.89. The summed E-state index contributed by atoms with van der Waals surface area (Å²) in [6.45, 7) is 0.384. The maximum atomic E-state index is 11.9. The number of likely N-dealkylation sites (tertiary alicyclic amines) is 1. The maximum Gasteiger partial charge on any atom is 0.422 e. The SMILES string of the molecule is COc1cccc(OC)c1OC(=O)N1CCCC1=O. The van der Waals surface area contributed by atoms with E-state index in [1.807, 2.05) is 0 Å². The van der Waals surface area contributed by atoms with Gasteiger partial charge < -0.3 is 14.2 Å². The van der Waals surface area contributed by atoms with Crippen LogP contribution in [0.1, 0.15) is 12.8 Å². The minimum atomic E-state index is -0.703. The highest BCUT2D eigenvalue weighted by molar-refractivity contribution is 5.94. The minimum absolute atomic E-state index is 0.178. The summed E-state index contributed by atoms with van der Waals surface area (Å²) in [5.41, 5.74) is 0. The molecule has 0 radical (unpaired) electrons. The van der Waals surface area contributed by atoms with Crippen LogP contribution in [0.15, 0.2) is 18.2 Å². The molecule has 0 unspecified atom stereocenters. The van der Waals surface area contributed by atoms with Gasteiger partial charge in [-0.25, -0.2) is 9.69 Å². The Hall–Kier alpha value is -2.24. The summed E-state index contributed by atoms with van der Waals surface area (Å²) in [4.78, 5) is 24.5. The van der Waals surface area contributed by atoms with Crippen LogP contribution in [0.4, 0.5) is 4.79 Å². The lowest BCUT2D eigenvalue weighted by molar-refractivity contribution is -0.125. The third-order valence-electron chi connectivity index (χ3n) is 2.87. The first-order valence-corrected chi connectivity index (χ1v) is 5.90. The molecular formula is C13H15NO5. The first kappa shape index (κ1) is 13.2. The van der Waals surface area contributed by atoms with Gasteiger partial charge in [0.1, 0.15) is 0 Å². The zero-order valence-electron chi connectivity index (χ0n) is 10.8. The Labute approximate surface area is 110 Å². The van der Waals surface area contributed by atoms with Gasteiger partial charge in [0, 0.05) is 13.0 Å². The number of para-hydroxylation sites is 1. The standard InChI is InChI=1S/C13H15NO5/c1-17-9-5-3-6-10(18-2)12(9)19-13(16)14-8-4-7-11(14)15/h3,5-6H,4,7-8H2,1-2H3. The number of nitrogens with zero attached hydrogens (tertiary/aromatic N) is 1. The third-order valence-corrected chi connectivity index (χ3v) is 2.87. The van der Waals surface area contributed by atoms with Gasteiger partial charge in [-0.15, -0.1) is 0 Å². The van der Waals surface area contributed by atoms with Gasteiger partial charge in [0.25, 0.3) is 0 Å². The molecule has 0 N–H and O–H groups in total. The van der Waals surface area contributed by atoms with Gasteiger partial charge in [-0.1, -0.05) is 6.07 Å². The lowest BCUT2D eigenvalue weighted by Gasteiger charge is -2.16. The number of hydrogen-bond acceptors (Lipinski definition) is 5. The van der Waals surface area contributed by atoms with Crippen molar-refractivity contribution in [1.82, 2.24) is 4.90 Å². The van der Waals surface area contributed by atoms with E-state index in [4.69, 9.17) is 14.2 Å². The number of hydrogen-bond donors (Lipinski definition) is 0. The fourth-order valence-electron chi connectivity index (χ4n) is 1.90. The monoisotopic (exact) mass is 265 g/mol. The van der Waals surface area contributed by atoms with Crippen LogP contribution in [0, 0.1) is 0 Å². The van der Waals surface area contributed by atoms with Crippen molar-refractivity contribution in [2.24, 2.45) is 0 Å². The van der Waals surface area contributed by atoms with Crippen molar-refractivity contribution in [2.75, 3.05) is 20.8 Å². The molecule has 6 nitrogen and oxygen atoms in total. The van der Waals surface area contributed by atoms with Crippen LogP contribution in [0.2, 0.25) is 0 Å². The van der Waals surface area contributed by atoms with Crippen molar-refractivity contribution in [1.29, 1.82) is 0 Å². The zero-order valence-corrected chi connectivity index (χ0v) is 10.8. The molecule has 6 heteroatoms. The molecular weight excluding hydrogens is 250 g/mol. The lowest BCUT2D eigenvalue weighted by atomic mass is 10.3. The molecule has 0 aromatic heterocycles. The van der Waals surface area contributed by atoms with Crippen molar-refractivity contribution >= 4 is 12.0 Å². The molecule has 1 aromatic rings. The van der Waals surface area contributed by atoms with Gasteiger partial charge in [0.2, 0.25) is 11.7 Å². The molecule has 1 aliphatic rings. The summed E-state index contributed by atoms with van der Waals surface area (Å²) in [6, 6.07) is 5.02. The van der Waals surface area contributed by atoms with Crippen molar-refractivity contribution in [3.05, 3.63) is 18.2 Å². The molecule has 0 bridgehead atoms. The summed E-state index contributed by atoms with van der Waals surface area (Å²) in [7, 11) is 2.93. The Bertz CT molecular complexity index is 478. The number of imide groups is 1. The first-order chi connectivity index (χ1) is 9.17. The van der Waals surface area contributed by atoms with Crippen molar-refractivity contribution < 1.29 is 23.8 Å². The zero-order chi connectivity index (χ0) is 13.8. The molecule has 19 heavy (non-hydrogen) atoms. The summed E-state index contributed by atoms with van der Waals surface area (Å²) < 4.78 is 15.5. The molecule has 1 saturated heterocycles. The topological polar surface area (TPSA) is 65.1 Å². The van der Waals surface area contributed by atoms with Crippen molar-refractivity contribution in [3.63, 3.8) is 0 Å². The second kappa shape index (κ2) is 5.60. The molecule has 0 spiro atoms. The first-order valence-electron chi connectivity index (χ1n) is 5.90. The van der Waals surface area contributed by atoms with Crippen LogP contribution in [0.25, 0.3) is 0 Å². The molecule has 0 atom stereocenters. The predicted molar refractivity (Wildman–Crippen MR) is 66.5 cm³/mol. The van der Waals surface area contributed by atoms with Crippen molar-refractivity contribution in [3.8, 4) is 17.2 Å². The molecule has 2 rings (SSSR count). The van der Waals surface area contributed by atoms with Crippen LogP contribution in [-0.4, -0.2) is 37.7 Å². The summed E-state index contributed by atoms with van der Waals surface area (Å²) in [5.74, 6) is 0.703. The molecule has 102 valence electrons. The maximum absolute atomic E-state index is 11.9. The van der Waals surface area contributed by atoms with Crippen LogP contribution in [0.5, 0.6) is 17.2 Å². The molecule has 0 saturated carbocycles. The molecule has 1 heterocycles. The Morgan fingerprint density at radius 3 is 2.32 bits per heavy atom. The van der Waals surface area contributed by atoms with E-state index in [1.165, 1.54) is 14.2 Å². The van der Waals surface area contributed by atoms with E-state index < -0.39 is 6.09 Å². The largest absolute Gasteiger partial charge is 0.493 e. The average Bonchev–Trinajstić information content (AvgIpc) is 2.85. The van der Waals surface area contributed by atoms with Gasteiger partial charge in [-0.05, 0) is 18.6 Å². The minimum Gasteiger partial charge on any atom is -0.493 e. The van der Waals surface area contributed by atoms with E-state index in [-0.39, 0.29) is 11.7 Å². The number of benzene rings is 1. The number of amides is 2. The smallest absolute Gasteiger partial charge is 0.422 e. The van der Waals surface area contributed by atoms with Crippen LogP contribution < -0.4 is 14.2 Å². The highest BCUT2D eigenvalue weighted by Gasteiger charge is 2.29. The Balaban J connectivity index is 2.22. The van der Waals surface area contributed by atoms with E-state index >= 15 is 0 Å². The summed E-state index contributed by atoms with van der Waals surface area (Å²) >= 11 is 0. The second-order valence-corrected chi connectivity index (χ2v) is 4.01. The van der Waals surface area contributed by atoms with E-state index in [2.05, 4.69) is 0 Å². The van der Waals surface area contributed by atoms with Gasteiger partial charge in [-0.3, -0.25) is 4.79 Å². The molecule has 1 aromatic carbocycles. The molecule has 2 amide bonds. The van der Waals surface area contributed by atoms with E-state index in [0.717, 1.165) is 4.90 Å². The van der Waals surface area contributed by atoms with Gasteiger partial charge >= 0.3 is 6.09 Å². The van der Waals surface area contributed by atoms with E-state index in [0.29, 0.717) is 30.9 Å². The lowest BCUT2D eigenvalue weighted by Crippen LogP contribution is -2.34. The molecule has 0 aliphatic carbocycles. The number of carbonyl (C=O) groups excluding carboxylic acids is 2. The van der Waals surface area contributed by atoms with Crippen molar-refractivity contribution in [2.45, 2.75) is 12.8 Å². The third kappa shape index (κ3) is 2.62. The highest BCUT2D eigenvalue weighted by Crippen LogP contribution is 2.37. The Morgan fingerprint density at radius 2 is 1.84 bits per heavy atom. The summed E-state index contributed by atoms with van der Waals surface area (Å²) in [6.07, 6.45) is 0.333. The van der Waals surface area contributed by atoms with Gasteiger partial charge in [0.05, 0.1) is 14.2 Å². The Morgan fingerprint density at radius 1 is 1.21 bits per heavy atom. The van der Waals surface area contributed by atoms with E-state index in [1.54, 1.807) is 18.2 Å². The summed E-state index contributed by atoms with van der Waals surface area (Å²) in [5, 5.41) is 0. The number of ether oxygens (including phenoxy) is 3. The fourth-order valence-corrected chi connectivity index (χ4v) is 1.90.